The Balaban J connectivity index is 1.54. The maximum Gasteiger partial charge on any atom is 0.223 e. The fourth-order valence-corrected chi connectivity index (χ4v) is 3.82. The minimum absolute atomic E-state index is 0.0255. The molecular weight excluding hydrogens is 362 g/mol. The van der Waals surface area contributed by atoms with Gasteiger partial charge in [0.15, 0.2) is 5.78 Å². The molecule has 1 fully saturated rings. The first kappa shape index (κ1) is 21.2. The van der Waals surface area contributed by atoms with Crippen LogP contribution in [0.1, 0.15) is 66.6 Å². The van der Waals surface area contributed by atoms with Crippen molar-refractivity contribution >= 4 is 11.7 Å². The molecule has 3 rings (SSSR count). The van der Waals surface area contributed by atoms with E-state index in [1.807, 2.05) is 47.5 Å². The van der Waals surface area contributed by atoms with E-state index in [-0.39, 0.29) is 30.6 Å². The van der Waals surface area contributed by atoms with Gasteiger partial charge in [0.05, 0.1) is 6.04 Å². The van der Waals surface area contributed by atoms with E-state index in [1.165, 1.54) is 24.8 Å². The van der Waals surface area contributed by atoms with Gasteiger partial charge in [-0.1, -0.05) is 50.1 Å². The molecule has 0 bridgehead atoms. The number of hydrogen-bond donors (Lipinski definition) is 1. The summed E-state index contributed by atoms with van der Waals surface area (Å²) in [4.78, 5) is 31.5. The van der Waals surface area contributed by atoms with Gasteiger partial charge >= 0.3 is 0 Å². The zero-order valence-corrected chi connectivity index (χ0v) is 17.3. The van der Waals surface area contributed by atoms with Crippen molar-refractivity contribution in [2.45, 2.75) is 51.5 Å². The summed E-state index contributed by atoms with van der Waals surface area (Å²) in [6.45, 7) is 4.34. The molecule has 2 heterocycles. The third-order valence-electron chi connectivity index (χ3n) is 5.54. The van der Waals surface area contributed by atoms with Gasteiger partial charge in [-0.05, 0) is 30.0 Å². The van der Waals surface area contributed by atoms with Crippen LogP contribution in [0.25, 0.3) is 0 Å². The van der Waals surface area contributed by atoms with Crippen LogP contribution >= 0.6 is 0 Å². The van der Waals surface area contributed by atoms with Crippen molar-refractivity contribution in [3.8, 4) is 0 Å². The van der Waals surface area contributed by atoms with Gasteiger partial charge in [0.2, 0.25) is 5.91 Å². The highest BCUT2D eigenvalue weighted by molar-refractivity contribution is 5.98. The number of aryl methyl sites for hydroxylation is 1. The lowest BCUT2D eigenvalue weighted by Crippen LogP contribution is -2.48. The number of piperazine rings is 1. The van der Waals surface area contributed by atoms with Gasteiger partial charge in [-0.15, -0.1) is 0 Å². The second kappa shape index (κ2) is 10.9. The van der Waals surface area contributed by atoms with Gasteiger partial charge in [-0.25, -0.2) is 0 Å². The molecule has 1 saturated heterocycles. The predicted molar refractivity (Wildman–Crippen MR) is 115 cm³/mol. The molecule has 0 spiro atoms. The Kier molecular flexibility index (Phi) is 7.94. The first-order chi connectivity index (χ1) is 14.2. The number of carbonyl (C=O) groups is 2. The first-order valence-corrected chi connectivity index (χ1v) is 10.7. The Bertz CT molecular complexity index is 790. The number of ketones is 1. The van der Waals surface area contributed by atoms with Crippen LogP contribution in [-0.2, 0) is 11.2 Å². The average molecular weight is 394 g/mol. The SMILES string of the molecule is CCCCCc1ccc(C(=O)CCC(=O)N2CCNCC2c2cccnc2)cc1. The maximum absolute atomic E-state index is 12.8. The standard InChI is InChI=1S/C24H31N3O2/c1-2-3-4-6-19-8-10-20(11-9-19)23(28)12-13-24(29)27-16-15-26-18-22(27)21-7-5-14-25-17-21/h5,7-11,14,17,22,26H,2-4,6,12-13,15-16,18H2,1H3. The number of hydrogen-bond acceptors (Lipinski definition) is 4. The Morgan fingerprint density at radius 3 is 2.69 bits per heavy atom. The van der Waals surface area contributed by atoms with Gasteiger partial charge in [-0.3, -0.25) is 14.6 Å². The van der Waals surface area contributed by atoms with Gasteiger partial charge in [0.25, 0.3) is 0 Å². The van der Waals surface area contributed by atoms with E-state index < -0.39 is 0 Å². The highest BCUT2D eigenvalue weighted by atomic mass is 16.2. The van der Waals surface area contributed by atoms with Crippen molar-refractivity contribution < 1.29 is 9.59 Å². The van der Waals surface area contributed by atoms with Crippen LogP contribution in [0.2, 0.25) is 0 Å². The van der Waals surface area contributed by atoms with Crippen molar-refractivity contribution in [2.24, 2.45) is 0 Å². The molecule has 1 aromatic carbocycles. The van der Waals surface area contributed by atoms with E-state index >= 15 is 0 Å². The predicted octanol–water partition coefficient (Wildman–Crippen LogP) is 3.95. The van der Waals surface area contributed by atoms with E-state index in [4.69, 9.17) is 0 Å². The molecule has 1 atom stereocenters. The van der Waals surface area contributed by atoms with Crippen LogP contribution < -0.4 is 5.32 Å². The molecule has 0 aliphatic carbocycles. The number of carbonyl (C=O) groups excluding carboxylic acids is 2. The maximum atomic E-state index is 12.8. The number of Topliss-reactive ketones (excluding diaryl/α,β-unsaturated/α-hetero) is 1. The summed E-state index contributed by atoms with van der Waals surface area (Å²) in [5.74, 6) is 0.0661. The van der Waals surface area contributed by atoms with Crippen LogP contribution in [0.5, 0.6) is 0 Å². The Morgan fingerprint density at radius 2 is 1.97 bits per heavy atom. The van der Waals surface area contributed by atoms with Gasteiger partial charge in [-0.2, -0.15) is 0 Å². The smallest absolute Gasteiger partial charge is 0.223 e. The highest BCUT2D eigenvalue weighted by Crippen LogP contribution is 2.23. The van der Waals surface area contributed by atoms with Crippen LogP contribution in [0.4, 0.5) is 0 Å². The molecule has 0 saturated carbocycles. The summed E-state index contributed by atoms with van der Waals surface area (Å²) >= 11 is 0. The number of aromatic nitrogens is 1. The minimum Gasteiger partial charge on any atom is -0.333 e. The van der Waals surface area contributed by atoms with E-state index in [2.05, 4.69) is 17.2 Å². The van der Waals surface area contributed by atoms with Crippen LogP contribution in [0.3, 0.4) is 0 Å². The summed E-state index contributed by atoms with van der Waals surface area (Å²) in [6, 6.07) is 11.7. The Morgan fingerprint density at radius 1 is 1.14 bits per heavy atom. The molecule has 2 aromatic rings. The highest BCUT2D eigenvalue weighted by Gasteiger charge is 2.28. The third-order valence-corrected chi connectivity index (χ3v) is 5.54. The Labute approximate surface area is 173 Å². The monoisotopic (exact) mass is 393 g/mol. The third kappa shape index (κ3) is 5.97. The normalized spacial score (nSPS) is 16.6. The molecule has 1 N–H and O–H groups in total. The lowest BCUT2D eigenvalue weighted by molar-refractivity contribution is -0.134. The van der Waals surface area contributed by atoms with Crippen molar-refractivity contribution in [1.82, 2.24) is 15.2 Å². The molecule has 0 radical (unpaired) electrons. The number of unbranched alkanes of at least 4 members (excludes halogenated alkanes) is 2. The first-order valence-electron chi connectivity index (χ1n) is 10.7. The molecule has 1 amide bonds. The summed E-state index contributed by atoms with van der Waals surface area (Å²) in [5.41, 5.74) is 2.99. The number of rotatable bonds is 9. The lowest BCUT2D eigenvalue weighted by atomic mass is 10.0. The molecular formula is C24H31N3O2. The van der Waals surface area contributed by atoms with Crippen molar-refractivity contribution in [2.75, 3.05) is 19.6 Å². The largest absolute Gasteiger partial charge is 0.333 e. The average Bonchev–Trinajstić information content (AvgIpc) is 2.78. The van der Waals surface area contributed by atoms with Gasteiger partial charge < -0.3 is 10.2 Å². The van der Waals surface area contributed by atoms with Crippen LogP contribution in [-0.4, -0.2) is 41.2 Å². The molecule has 1 unspecified atom stereocenters. The summed E-state index contributed by atoms with van der Waals surface area (Å²) in [7, 11) is 0. The van der Waals surface area contributed by atoms with E-state index in [0.717, 1.165) is 18.5 Å². The Hall–Kier alpha value is -2.53. The zero-order valence-electron chi connectivity index (χ0n) is 17.3. The number of amides is 1. The molecule has 5 nitrogen and oxygen atoms in total. The topological polar surface area (TPSA) is 62.3 Å². The number of pyridine rings is 1. The fraction of sp³-hybridized carbons (Fsp3) is 0.458. The lowest BCUT2D eigenvalue weighted by Gasteiger charge is -2.36. The number of nitrogens with zero attached hydrogens (tertiary/aromatic N) is 2. The van der Waals surface area contributed by atoms with Gasteiger partial charge in [0.1, 0.15) is 0 Å². The second-order valence-electron chi connectivity index (χ2n) is 7.67. The van der Waals surface area contributed by atoms with E-state index in [0.29, 0.717) is 18.7 Å². The molecule has 154 valence electrons. The second-order valence-corrected chi connectivity index (χ2v) is 7.67. The summed E-state index contributed by atoms with van der Waals surface area (Å²) in [6.07, 6.45) is 8.71. The van der Waals surface area contributed by atoms with Gasteiger partial charge in [0, 0.05) is 50.4 Å². The number of benzene rings is 1. The van der Waals surface area contributed by atoms with Crippen LogP contribution in [0, 0.1) is 0 Å². The molecule has 1 aliphatic rings. The molecule has 5 heteroatoms. The molecule has 1 aliphatic heterocycles. The van der Waals surface area contributed by atoms with E-state index in [1.54, 1.807) is 6.20 Å². The fourth-order valence-electron chi connectivity index (χ4n) is 3.82. The van der Waals surface area contributed by atoms with Crippen LogP contribution in [0.15, 0.2) is 48.8 Å². The summed E-state index contributed by atoms with van der Waals surface area (Å²) in [5, 5.41) is 3.34. The molecule has 29 heavy (non-hydrogen) atoms. The number of nitrogens with one attached hydrogen (secondary N) is 1. The zero-order chi connectivity index (χ0) is 20.5. The minimum atomic E-state index is -0.0255. The van der Waals surface area contributed by atoms with Crippen molar-refractivity contribution in [3.63, 3.8) is 0 Å². The van der Waals surface area contributed by atoms with Crippen molar-refractivity contribution in [1.29, 1.82) is 0 Å². The quantitative estimate of drug-likeness (QED) is 0.518. The van der Waals surface area contributed by atoms with E-state index in [9.17, 15) is 9.59 Å². The van der Waals surface area contributed by atoms with Crippen molar-refractivity contribution in [3.05, 3.63) is 65.5 Å². The molecule has 1 aromatic heterocycles. The summed E-state index contributed by atoms with van der Waals surface area (Å²) < 4.78 is 0.